The lowest BCUT2D eigenvalue weighted by molar-refractivity contribution is -0.142. The van der Waals surface area contributed by atoms with Crippen molar-refractivity contribution in [3.8, 4) is 0 Å². The zero-order valence-corrected chi connectivity index (χ0v) is 16.3. The molecule has 0 radical (unpaired) electrons. The van der Waals surface area contributed by atoms with Crippen LogP contribution in [-0.4, -0.2) is 30.0 Å². The molecule has 1 aromatic heterocycles. The molecule has 0 aliphatic carbocycles. The van der Waals surface area contributed by atoms with Crippen molar-refractivity contribution >= 4 is 45.4 Å². The van der Waals surface area contributed by atoms with Gasteiger partial charge in [-0.3, -0.25) is 9.78 Å². The summed E-state index contributed by atoms with van der Waals surface area (Å²) >= 11 is 2.22. The summed E-state index contributed by atoms with van der Waals surface area (Å²) in [6.45, 7) is 0. The van der Waals surface area contributed by atoms with Gasteiger partial charge in [-0.05, 0) is 52.4 Å². The Hall–Kier alpha value is -2.48. The average molecular weight is 460 g/mol. The zero-order valence-electron chi connectivity index (χ0n) is 14.1. The number of halogens is 1. The number of aromatic nitrogens is 1. The number of carbonyl (C=O) groups is 2. The fourth-order valence-electron chi connectivity index (χ4n) is 2.63. The number of esters is 1. The fourth-order valence-corrected chi connectivity index (χ4v) is 2.99. The van der Waals surface area contributed by atoms with Gasteiger partial charge in [-0.25, -0.2) is 4.79 Å². The van der Waals surface area contributed by atoms with E-state index in [0.717, 1.165) is 20.0 Å². The molecule has 132 valence electrons. The van der Waals surface area contributed by atoms with Crippen LogP contribution in [0.5, 0.6) is 0 Å². The molecule has 3 rings (SSSR count). The number of hydrogen-bond donors (Lipinski definition) is 1. The lowest BCUT2D eigenvalue weighted by Gasteiger charge is -2.17. The number of hydrogen-bond acceptors (Lipinski definition) is 4. The minimum atomic E-state index is -0.765. The van der Waals surface area contributed by atoms with Crippen molar-refractivity contribution in [2.24, 2.45) is 0 Å². The van der Waals surface area contributed by atoms with Gasteiger partial charge in [-0.1, -0.05) is 30.3 Å². The number of carbonyl (C=O) groups excluding carboxylic acids is 2. The molecular weight excluding hydrogens is 443 g/mol. The highest BCUT2D eigenvalue weighted by atomic mass is 127. The monoisotopic (exact) mass is 460 g/mol. The fraction of sp³-hybridized carbons (Fsp3) is 0.150. The van der Waals surface area contributed by atoms with Crippen molar-refractivity contribution in [1.82, 2.24) is 10.3 Å². The van der Waals surface area contributed by atoms with Crippen molar-refractivity contribution in [2.75, 3.05) is 7.11 Å². The highest BCUT2D eigenvalue weighted by Gasteiger charge is 2.23. The van der Waals surface area contributed by atoms with E-state index in [0.29, 0.717) is 12.0 Å². The summed E-state index contributed by atoms with van der Waals surface area (Å²) in [7, 11) is 1.31. The summed E-state index contributed by atoms with van der Waals surface area (Å²) in [5.41, 5.74) is 2.16. The topological polar surface area (TPSA) is 68.3 Å². The molecule has 0 aliphatic rings. The molecule has 1 amide bonds. The van der Waals surface area contributed by atoms with E-state index in [1.807, 2.05) is 48.5 Å². The molecule has 1 heterocycles. The highest BCUT2D eigenvalue weighted by Crippen LogP contribution is 2.14. The molecule has 1 N–H and O–H groups in total. The SMILES string of the molecule is COC(=O)[C@H](Cc1ccc(I)cc1)NC(=O)c1cnc2ccccc2c1. The summed E-state index contributed by atoms with van der Waals surface area (Å²) < 4.78 is 5.95. The molecule has 3 aromatic rings. The van der Waals surface area contributed by atoms with Crippen LogP contribution in [0.25, 0.3) is 10.9 Å². The lowest BCUT2D eigenvalue weighted by atomic mass is 10.1. The van der Waals surface area contributed by atoms with E-state index in [9.17, 15) is 9.59 Å². The molecule has 26 heavy (non-hydrogen) atoms. The number of methoxy groups -OCH3 is 1. The molecule has 0 aliphatic heterocycles. The Labute approximate surface area is 164 Å². The van der Waals surface area contributed by atoms with Crippen LogP contribution in [0, 0.1) is 3.57 Å². The van der Waals surface area contributed by atoms with E-state index < -0.39 is 12.0 Å². The van der Waals surface area contributed by atoms with Crippen molar-refractivity contribution in [2.45, 2.75) is 12.5 Å². The number of para-hydroxylation sites is 1. The maximum atomic E-state index is 12.6. The second kappa shape index (κ2) is 8.27. The Morgan fingerprint density at radius 1 is 1.15 bits per heavy atom. The second-order valence-corrected chi connectivity index (χ2v) is 7.04. The molecule has 0 unspecified atom stereocenters. The first-order valence-electron chi connectivity index (χ1n) is 8.05. The van der Waals surface area contributed by atoms with Gasteiger partial charge in [-0.2, -0.15) is 0 Å². The molecule has 0 fully saturated rings. The van der Waals surface area contributed by atoms with Crippen molar-refractivity contribution < 1.29 is 14.3 Å². The molecule has 0 saturated carbocycles. The second-order valence-electron chi connectivity index (χ2n) is 5.80. The Morgan fingerprint density at radius 2 is 1.88 bits per heavy atom. The number of nitrogens with one attached hydrogen (secondary N) is 1. The van der Waals surface area contributed by atoms with E-state index in [-0.39, 0.29) is 5.91 Å². The minimum absolute atomic E-state index is 0.357. The van der Waals surface area contributed by atoms with Crippen molar-refractivity contribution in [3.05, 3.63) is 75.5 Å². The van der Waals surface area contributed by atoms with Gasteiger partial charge in [0.15, 0.2) is 0 Å². The third-order valence-electron chi connectivity index (χ3n) is 4.00. The normalized spacial score (nSPS) is 11.8. The van der Waals surface area contributed by atoms with E-state index in [2.05, 4.69) is 32.9 Å². The third kappa shape index (κ3) is 4.37. The number of fused-ring (bicyclic) bond motifs is 1. The predicted molar refractivity (Wildman–Crippen MR) is 108 cm³/mol. The zero-order chi connectivity index (χ0) is 18.5. The van der Waals surface area contributed by atoms with Crippen LogP contribution in [0.1, 0.15) is 15.9 Å². The van der Waals surface area contributed by atoms with Crippen LogP contribution in [0.2, 0.25) is 0 Å². The van der Waals surface area contributed by atoms with Gasteiger partial charge in [-0.15, -0.1) is 0 Å². The van der Waals surface area contributed by atoms with Crippen molar-refractivity contribution in [3.63, 3.8) is 0 Å². The van der Waals surface area contributed by atoms with Crippen LogP contribution in [0.3, 0.4) is 0 Å². The van der Waals surface area contributed by atoms with Gasteiger partial charge < -0.3 is 10.1 Å². The summed E-state index contributed by atoms with van der Waals surface area (Å²) in [5, 5.41) is 3.62. The van der Waals surface area contributed by atoms with Gasteiger partial charge in [0.1, 0.15) is 6.04 Å². The number of rotatable bonds is 5. The molecule has 0 spiro atoms. The van der Waals surface area contributed by atoms with Crippen LogP contribution in [-0.2, 0) is 16.0 Å². The summed E-state index contributed by atoms with van der Waals surface area (Å²) in [5.74, 6) is -0.838. The van der Waals surface area contributed by atoms with Gasteiger partial charge in [0.05, 0.1) is 18.2 Å². The van der Waals surface area contributed by atoms with Gasteiger partial charge >= 0.3 is 5.97 Å². The smallest absolute Gasteiger partial charge is 0.328 e. The number of nitrogens with zero attached hydrogens (tertiary/aromatic N) is 1. The van der Waals surface area contributed by atoms with E-state index in [1.54, 1.807) is 6.07 Å². The van der Waals surface area contributed by atoms with E-state index in [1.165, 1.54) is 13.3 Å². The highest BCUT2D eigenvalue weighted by molar-refractivity contribution is 14.1. The predicted octanol–water partition coefficient (Wildman–Crippen LogP) is 3.35. The summed E-state index contributed by atoms with van der Waals surface area (Å²) in [4.78, 5) is 29.0. The van der Waals surface area contributed by atoms with Gasteiger partial charge in [0.25, 0.3) is 5.91 Å². The van der Waals surface area contributed by atoms with E-state index >= 15 is 0 Å². The molecule has 0 saturated heterocycles. The third-order valence-corrected chi connectivity index (χ3v) is 4.72. The molecule has 1 atom stereocenters. The largest absolute Gasteiger partial charge is 0.467 e. The lowest BCUT2D eigenvalue weighted by Crippen LogP contribution is -2.43. The van der Waals surface area contributed by atoms with E-state index in [4.69, 9.17) is 4.74 Å². The first-order chi connectivity index (χ1) is 12.6. The molecular formula is C20H17IN2O3. The maximum absolute atomic E-state index is 12.6. The van der Waals surface area contributed by atoms with Gasteiger partial charge in [0, 0.05) is 21.6 Å². The Morgan fingerprint density at radius 3 is 2.62 bits per heavy atom. The molecule has 6 heteroatoms. The number of amides is 1. The van der Waals surface area contributed by atoms with Crippen LogP contribution >= 0.6 is 22.6 Å². The first kappa shape index (κ1) is 18.3. The molecule has 2 aromatic carbocycles. The van der Waals surface area contributed by atoms with Crippen molar-refractivity contribution in [1.29, 1.82) is 0 Å². The molecule has 5 nitrogen and oxygen atoms in total. The van der Waals surface area contributed by atoms with Crippen LogP contribution in [0.15, 0.2) is 60.8 Å². The van der Waals surface area contributed by atoms with Crippen LogP contribution in [0.4, 0.5) is 0 Å². The Bertz CT molecular complexity index is 941. The maximum Gasteiger partial charge on any atom is 0.328 e. The number of benzene rings is 2. The van der Waals surface area contributed by atoms with Gasteiger partial charge in [0.2, 0.25) is 0 Å². The number of ether oxygens (including phenoxy) is 1. The Kier molecular flexibility index (Phi) is 5.82. The average Bonchev–Trinajstić information content (AvgIpc) is 2.68. The minimum Gasteiger partial charge on any atom is -0.467 e. The summed E-state index contributed by atoms with van der Waals surface area (Å²) in [6.07, 6.45) is 1.87. The number of pyridine rings is 1. The Balaban J connectivity index is 1.79. The van der Waals surface area contributed by atoms with Crippen LogP contribution < -0.4 is 5.32 Å². The quantitative estimate of drug-likeness (QED) is 0.469. The molecule has 0 bridgehead atoms. The summed E-state index contributed by atoms with van der Waals surface area (Å²) in [6, 6.07) is 16.3. The standard InChI is InChI=1S/C20H17IN2O3/c1-26-20(25)18(10-13-6-8-16(21)9-7-13)23-19(24)15-11-14-4-2-3-5-17(14)22-12-15/h2-9,11-12,18H,10H2,1H3,(H,23,24)/t18-/m0/s1. The first-order valence-corrected chi connectivity index (χ1v) is 9.12.